The molecule has 130 valence electrons. The van der Waals surface area contributed by atoms with Gasteiger partial charge in [-0.25, -0.2) is 0 Å². The van der Waals surface area contributed by atoms with Crippen LogP contribution in [0.3, 0.4) is 0 Å². The molecule has 0 aliphatic carbocycles. The molecular formula is C18H18ClN3O2S. The average Bonchev–Trinajstić information content (AvgIpc) is 3.06. The molecule has 0 atom stereocenters. The van der Waals surface area contributed by atoms with Crippen molar-refractivity contribution < 1.29 is 9.84 Å². The first-order valence-electron chi connectivity index (χ1n) is 7.82. The van der Waals surface area contributed by atoms with Crippen LogP contribution in [-0.2, 0) is 0 Å². The Hall–Kier alpha value is -2.02. The molecule has 3 aromatic rings. The third kappa shape index (κ3) is 4.15. The zero-order valence-corrected chi connectivity index (χ0v) is 15.3. The Balaban J connectivity index is 2.03. The molecule has 0 aliphatic heterocycles. The number of aromatic nitrogens is 3. The highest BCUT2D eigenvalue weighted by atomic mass is 35.5. The van der Waals surface area contributed by atoms with Gasteiger partial charge in [0, 0.05) is 28.6 Å². The number of nitrogens with zero attached hydrogens (tertiary/aromatic N) is 3. The zero-order chi connectivity index (χ0) is 17.6. The van der Waals surface area contributed by atoms with Gasteiger partial charge in [0.25, 0.3) is 0 Å². The van der Waals surface area contributed by atoms with E-state index in [1.54, 1.807) is 18.9 Å². The molecule has 0 radical (unpaired) electrons. The smallest absolute Gasteiger partial charge is 0.196 e. The van der Waals surface area contributed by atoms with Crippen molar-refractivity contribution in [2.24, 2.45) is 0 Å². The summed E-state index contributed by atoms with van der Waals surface area (Å²) in [5.74, 6) is 2.31. The molecule has 25 heavy (non-hydrogen) atoms. The summed E-state index contributed by atoms with van der Waals surface area (Å²) in [4.78, 5) is 0. The van der Waals surface area contributed by atoms with Crippen molar-refractivity contribution in [3.8, 4) is 22.8 Å². The number of methoxy groups -OCH3 is 1. The average molecular weight is 376 g/mol. The molecule has 0 fully saturated rings. The molecule has 5 nitrogen and oxygen atoms in total. The summed E-state index contributed by atoms with van der Waals surface area (Å²) >= 11 is 7.58. The fraction of sp³-hybridized carbons (Fsp3) is 0.222. The number of aliphatic hydroxyl groups excluding tert-OH is 1. The Kier molecular flexibility index (Phi) is 5.96. The summed E-state index contributed by atoms with van der Waals surface area (Å²) in [6.45, 7) is 0.160. The molecule has 0 saturated carbocycles. The lowest BCUT2D eigenvalue weighted by Crippen LogP contribution is -2.00. The van der Waals surface area contributed by atoms with Crippen LogP contribution in [0, 0.1) is 0 Å². The first-order chi connectivity index (χ1) is 12.2. The standard InChI is InChI=1S/C18H18ClN3O2S/c1-24-16-9-3-13(4-10-16)17-20-21-18(25-12-2-11-23)22(17)15-7-5-14(19)6-8-15/h3-10,23H,2,11-12H2,1H3. The van der Waals surface area contributed by atoms with E-state index in [1.165, 1.54) is 0 Å². The van der Waals surface area contributed by atoms with Crippen LogP contribution in [0.2, 0.25) is 5.02 Å². The Bertz CT molecular complexity index is 819. The van der Waals surface area contributed by atoms with Crippen LogP contribution in [0.4, 0.5) is 0 Å². The molecule has 0 amide bonds. The monoisotopic (exact) mass is 375 g/mol. The summed E-state index contributed by atoms with van der Waals surface area (Å²) in [6.07, 6.45) is 0.704. The third-order valence-corrected chi connectivity index (χ3v) is 4.87. The number of benzene rings is 2. The van der Waals surface area contributed by atoms with E-state index in [9.17, 15) is 0 Å². The van der Waals surface area contributed by atoms with Gasteiger partial charge < -0.3 is 9.84 Å². The minimum absolute atomic E-state index is 0.160. The molecule has 1 heterocycles. The van der Waals surface area contributed by atoms with Gasteiger partial charge in [0.05, 0.1) is 7.11 Å². The number of hydrogen-bond donors (Lipinski definition) is 1. The number of rotatable bonds is 7. The van der Waals surface area contributed by atoms with Crippen molar-refractivity contribution in [1.82, 2.24) is 14.8 Å². The van der Waals surface area contributed by atoms with Crippen molar-refractivity contribution in [3.05, 3.63) is 53.6 Å². The maximum Gasteiger partial charge on any atom is 0.196 e. The van der Waals surface area contributed by atoms with Crippen LogP contribution in [0.25, 0.3) is 17.1 Å². The van der Waals surface area contributed by atoms with Gasteiger partial charge in [-0.05, 0) is 55.0 Å². The van der Waals surface area contributed by atoms with Gasteiger partial charge in [-0.3, -0.25) is 4.57 Å². The summed E-state index contributed by atoms with van der Waals surface area (Å²) in [5, 5.41) is 19.2. The van der Waals surface area contributed by atoms with E-state index in [-0.39, 0.29) is 6.61 Å². The Morgan fingerprint density at radius 2 is 1.80 bits per heavy atom. The van der Waals surface area contributed by atoms with E-state index in [1.807, 2.05) is 53.1 Å². The minimum atomic E-state index is 0.160. The van der Waals surface area contributed by atoms with Gasteiger partial charge in [-0.2, -0.15) is 0 Å². The van der Waals surface area contributed by atoms with Crippen LogP contribution < -0.4 is 4.74 Å². The normalized spacial score (nSPS) is 10.8. The minimum Gasteiger partial charge on any atom is -0.497 e. The molecule has 0 aliphatic rings. The molecule has 0 spiro atoms. The van der Waals surface area contributed by atoms with Gasteiger partial charge in [0.1, 0.15) is 5.75 Å². The Labute approximate surface area is 155 Å². The molecule has 0 bridgehead atoms. The molecule has 3 rings (SSSR count). The van der Waals surface area contributed by atoms with Crippen LogP contribution in [0.1, 0.15) is 6.42 Å². The fourth-order valence-electron chi connectivity index (χ4n) is 2.34. The topological polar surface area (TPSA) is 60.2 Å². The van der Waals surface area contributed by atoms with Crippen LogP contribution >= 0.6 is 23.4 Å². The highest BCUT2D eigenvalue weighted by molar-refractivity contribution is 7.99. The number of aliphatic hydroxyl groups is 1. The molecular weight excluding hydrogens is 358 g/mol. The molecule has 1 aromatic heterocycles. The zero-order valence-electron chi connectivity index (χ0n) is 13.7. The summed E-state index contributed by atoms with van der Waals surface area (Å²) in [5.41, 5.74) is 1.88. The molecule has 7 heteroatoms. The van der Waals surface area contributed by atoms with Gasteiger partial charge in [-0.1, -0.05) is 23.4 Å². The van der Waals surface area contributed by atoms with E-state index < -0.39 is 0 Å². The fourth-order valence-corrected chi connectivity index (χ4v) is 3.34. The molecule has 0 unspecified atom stereocenters. The van der Waals surface area contributed by atoms with Crippen molar-refractivity contribution >= 4 is 23.4 Å². The van der Waals surface area contributed by atoms with Crippen LogP contribution in [0.5, 0.6) is 5.75 Å². The van der Waals surface area contributed by atoms with Crippen LogP contribution in [0.15, 0.2) is 53.7 Å². The van der Waals surface area contributed by atoms with E-state index >= 15 is 0 Å². The van der Waals surface area contributed by atoms with Gasteiger partial charge in [-0.15, -0.1) is 10.2 Å². The van der Waals surface area contributed by atoms with Crippen LogP contribution in [-0.4, -0.2) is 39.3 Å². The second-order valence-electron chi connectivity index (χ2n) is 5.27. The van der Waals surface area contributed by atoms with Crippen molar-refractivity contribution in [1.29, 1.82) is 0 Å². The predicted molar refractivity (Wildman–Crippen MR) is 101 cm³/mol. The predicted octanol–water partition coefficient (Wildman–Crippen LogP) is 4.07. The van der Waals surface area contributed by atoms with Gasteiger partial charge in [0.15, 0.2) is 11.0 Å². The maximum absolute atomic E-state index is 9.01. The number of halogens is 1. The largest absolute Gasteiger partial charge is 0.497 e. The van der Waals surface area contributed by atoms with Crippen molar-refractivity contribution in [2.75, 3.05) is 19.5 Å². The maximum atomic E-state index is 9.01. The lowest BCUT2D eigenvalue weighted by Gasteiger charge is -2.11. The number of ether oxygens (including phenoxy) is 1. The number of thioether (sulfide) groups is 1. The van der Waals surface area contributed by atoms with Crippen molar-refractivity contribution in [3.63, 3.8) is 0 Å². The van der Waals surface area contributed by atoms with E-state index in [0.717, 1.165) is 33.7 Å². The lowest BCUT2D eigenvalue weighted by molar-refractivity contribution is 0.296. The first kappa shape index (κ1) is 17.8. The highest BCUT2D eigenvalue weighted by Crippen LogP contribution is 2.29. The lowest BCUT2D eigenvalue weighted by atomic mass is 10.2. The SMILES string of the molecule is COc1ccc(-c2nnc(SCCCO)n2-c2ccc(Cl)cc2)cc1. The van der Waals surface area contributed by atoms with Gasteiger partial charge in [0.2, 0.25) is 0 Å². The second-order valence-corrected chi connectivity index (χ2v) is 6.77. The third-order valence-electron chi connectivity index (χ3n) is 3.60. The Morgan fingerprint density at radius 1 is 1.08 bits per heavy atom. The quantitative estimate of drug-likeness (QED) is 0.498. The summed E-state index contributed by atoms with van der Waals surface area (Å²) in [7, 11) is 1.64. The van der Waals surface area contributed by atoms with Gasteiger partial charge >= 0.3 is 0 Å². The Morgan fingerprint density at radius 3 is 2.44 bits per heavy atom. The second kappa shape index (κ2) is 8.38. The number of hydrogen-bond acceptors (Lipinski definition) is 5. The summed E-state index contributed by atoms with van der Waals surface area (Å²) < 4.78 is 7.22. The molecule has 1 N–H and O–H groups in total. The van der Waals surface area contributed by atoms with E-state index in [0.29, 0.717) is 11.4 Å². The summed E-state index contributed by atoms with van der Waals surface area (Å²) in [6, 6.07) is 15.3. The van der Waals surface area contributed by atoms with Crippen molar-refractivity contribution in [2.45, 2.75) is 11.6 Å². The first-order valence-corrected chi connectivity index (χ1v) is 9.18. The highest BCUT2D eigenvalue weighted by Gasteiger charge is 2.16. The molecule has 2 aromatic carbocycles. The molecule has 0 saturated heterocycles. The van der Waals surface area contributed by atoms with E-state index in [2.05, 4.69) is 10.2 Å². The van der Waals surface area contributed by atoms with E-state index in [4.69, 9.17) is 21.4 Å².